The highest BCUT2D eigenvalue weighted by atomic mass is 16.6. The van der Waals surface area contributed by atoms with Crippen molar-refractivity contribution in [2.45, 2.75) is 117 Å². The Morgan fingerprint density at radius 3 is 1.49 bits per heavy atom. The van der Waals surface area contributed by atoms with Gasteiger partial charge in [-0.05, 0) is 74.0 Å². The number of ether oxygens (including phenoxy) is 5. The lowest BCUT2D eigenvalue weighted by molar-refractivity contribution is -0.188. The second-order valence-electron chi connectivity index (χ2n) is 18.6. The number of carbonyl (C=O) groups is 6. The molecule has 0 spiro atoms. The van der Waals surface area contributed by atoms with Crippen molar-refractivity contribution in [3.63, 3.8) is 0 Å². The standard InChI is InChI=1S/C43H62O14/c1-24-10-12-31-41(4)15-9-16-42(31,5)28(24)20-54-34(26(36(48)49)18-32(44)45)38(51)56-22-40(3)14-8-17-43(6)29(25(2)11-13-30(40)43)21-55-35(39(52)57-23-41)27(19-33(46)47)37(50)53-7/h26-31,34-35H,1-2,8-23H2,3-7H3,(H,44,45)(H,46,47)(H,48,49)/t26?,27?,28-,29-,30?,31?,34+,35+,40-,41-,42+,43+/m0/s1. The molecule has 4 aliphatic carbocycles. The number of carboxylic acids is 3. The van der Waals surface area contributed by atoms with E-state index in [2.05, 4.69) is 27.0 Å². The van der Waals surface area contributed by atoms with Crippen LogP contribution in [0, 0.1) is 57.2 Å². The maximum Gasteiger partial charge on any atom is 0.336 e. The van der Waals surface area contributed by atoms with Crippen molar-refractivity contribution in [2.24, 2.45) is 57.2 Å². The van der Waals surface area contributed by atoms with Gasteiger partial charge in [-0.2, -0.15) is 0 Å². The zero-order chi connectivity index (χ0) is 42.1. The number of aliphatic carboxylic acids is 3. The van der Waals surface area contributed by atoms with Gasteiger partial charge in [0.2, 0.25) is 0 Å². The Bertz CT molecular complexity index is 1620. The number of cyclic esters (lactones) is 2. The maximum absolute atomic E-state index is 14.3. The first-order valence-electron chi connectivity index (χ1n) is 20.4. The molecule has 0 aromatic heterocycles. The van der Waals surface area contributed by atoms with E-state index in [4.69, 9.17) is 23.7 Å². The molecule has 0 radical (unpaired) electrons. The van der Waals surface area contributed by atoms with Crippen LogP contribution in [0.1, 0.15) is 105 Å². The Labute approximate surface area is 335 Å². The average Bonchev–Trinajstić information content (AvgIpc) is 3.12. The van der Waals surface area contributed by atoms with Crippen molar-refractivity contribution in [3.8, 4) is 0 Å². The molecule has 1 heterocycles. The molecular formula is C43H62O14. The molecule has 5 fully saturated rings. The summed E-state index contributed by atoms with van der Waals surface area (Å²) in [4.78, 5) is 78.1. The molecule has 0 aromatic rings. The smallest absolute Gasteiger partial charge is 0.336 e. The van der Waals surface area contributed by atoms with Crippen LogP contribution in [-0.4, -0.2) is 96.9 Å². The van der Waals surface area contributed by atoms with Crippen LogP contribution >= 0.6 is 0 Å². The number of hydrogen-bond donors (Lipinski definition) is 3. The Kier molecular flexibility index (Phi) is 13.4. The summed E-state index contributed by atoms with van der Waals surface area (Å²) < 4.78 is 29.8. The van der Waals surface area contributed by atoms with Crippen molar-refractivity contribution >= 4 is 35.8 Å². The van der Waals surface area contributed by atoms with E-state index < -0.39 is 94.4 Å². The number of carboxylic acid groups (broad SMARTS) is 3. The van der Waals surface area contributed by atoms with Crippen LogP contribution in [0.3, 0.4) is 0 Å². The fourth-order valence-corrected chi connectivity index (χ4v) is 12.0. The number of carbonyl (C=O) groups excluding carboxylic acids is 3. The largest absolute Gasteiger partial charge is 0.481 e. The first-order valence-corrected chi connectivity index (χ1v) is 20.4. The van der Waals surface area contributed by atoms with Gasteiger partial charge in [0, 0.05) is 22.7 Å². The third kappa shape index (κ3) is 8.82. The quantitative estimate of drug-likeness (QED) is 0.149. The van der Waals surface area contributed by atoms with Crippen molar-refractivity contribution in [1.82, 2.24) is 0 Å². The van der Waals surface area contributed by atoms with Crippen LogP contribution < -0.4 is 0 Å². The average molecular weight is 803 g/mol. The predicted molar refractivity (Wildman–Crippen MR) is 203 cm³/mol. The van der Waals surface area contributed by atoms with Crippen molar-refractivity contribution in [3.05, 3.63) is 24.3 Å². The second-order valence-corrected chi connectivity index (χ2v) is 18.6. The molecule has 1 aliphatic heterocycles. The maximum atomic E-state index is 14.3. The van der Waals surface area contributed by atoms with E-state index in [9.17, 15) is 44.1 Å². The minimum Gasteiger partial charge on any atom is -0.481 e. The molecule has 0 amide bonds. The molecular weight excluding hydrogens is 740 g/mol. The Balaban J connectivity index is 1.59. The van der Waals surface area contributed by atoms with Gasteiger partial charge < -0.3 is 39.0 Å². The molecule has 1 saturated heterocycles. The van der Waals surface area contributed by atoms with Gasteiger partial charge in [0.15, 0.2) is 12.2 Å². The lowest BCUT2D eigenvalue weighted by Gasteiger charge is -2.58. The number of hydrogen-bond acceptors (Lipinski definition) is 11. The Hall–Kier alpha value is -3.78. The molecule has 14 heteroatoms. The van der Waals surface area contributed by atoms with Gasteiger partial charge in [-0.1, -0.05) is 64.8 Å². The van der Waals surface area contributed by atoms with Gasteiger partial charge in [-0.15, -0.1) is 0 Å². The number of methoxy groups -OCH3 is 1. The summed E-state index contributed by atoms with van der Waals surface area (Å²) in [6.45, 7) is 16.7. The van der Waals surface area contributed by atoms with Crippen LogP contribution in [0.4, 0.5) is 0 Å². The molecule has 5 aliphatic rings. The molecule has 12 atom stereocenters. The normalized spacial score (nSPS) is 39.0. The van der Waals surface area contributed by atoms with E-state index >= 15 is 0 Å². The zero-order valence-electron chi connectivity index (χ0n) is 34.2. The van der Waals surface area contributed by atoms with Gasteiger partial charge in [0.1, 0.15) is 11.8 Å². The van der Waals surface area contributed by atoms with E-state index in [1.54, 1.807) is 0 Å². The van der Waals surface area contributed by atoms with Gasteiger partial charge in [-0.3, -0.25) is 19.2 Å². The van der Waals surface area contributed by atoms with Gasteiger partial charge in [-0.25, -0.2) is 9.59 Å². The van der Waals surface area contributed by atoms with E-state index in [0.29, 0.717) is 38.5 Å². The lowest BCUT2D eigenvalue weighted by atomic mass is 9.47. The van der Waals surface area contributed by atoms with E-state index in [0.717, 1.165) is 43.9 Å². The summed E-state index contributed by atoms with van der Waals surface area (Å²) >= 11 is 0. The Morgan fingerprint density at radius 2 is 1.11 bits per heavy atom. The van der Waals surface area contributed by atoms with Crippen LogP contribution in [0.25, 0.3) is 0 Å². The van der Waals surface area contributed by atoms with Gasteiger partial charge in [0.05, 0.1) is 46.4 Å². The first kappa shape index (κ1) is 44.3. The van der Waals surface area contributed by atoms with Crippen LogP contribution in [-0.2, 0) is 52.5 Å². The summed E-state index contributed by atoms with van der Waals surface area (Å²) in [6.07, 6.45) is 2.11. The van der Waals surface area contributed by atoms with Gasteiger partial charge in [0.25, 0.3) is 0 Å². The van der Waals surface area contributed by atoms with Crippen molar-refractivity contribution in [1.29, 1.82) is 0 Å². The molecule has 57 heavy (non-hydrogen) atoms. The van der Waals surface area contributed by atoms with Crippen LogP contribution in [0.2, 0.25) is 0 Å². The van der Waals surface area contributed by atoms with Crippen LogP contribution in [0.5, 0.6) is 0 Å². The number of rotatable bonds is 8. The zero-order valence-corrected chi connectivity index (χ0v) is 34.2. The predicted octanol–water partition coefficient (Wildman–Crippen LogP) is 5.85. The topological polar surface area (TPSA) is 209 Å². The summed E-state index contributed by atoms with van der Waals surface area (Å²) in [5.74, 6) is -10.8. The highest BCUT2D eigenvalue weighted by Gasteiger charge is 2.58. The minimum atomic E-state index is -1.70. The summed E-state index contributed by atoms with van der Waals surface area (Å²) in [5, 5.41) is 29.8. The molecule has 318 valence electrons. The van der Waals surface area contributed by atoms with E-state index in [-0.39, 0.29) is 50.1 Å². The van der Waals surface area contributed by atoms with Crippen molar-refractivity contribution in [2.75, 3.05) is 33.5 Å². The second kappa shape index (κ2) is 17.2. The summed E-state index contributed by atoms with van der Waals surface area (Å²) in [6, 6.07) is 0. The third-order valence-electron chi connectivity index (χ3n) is 15.1. The first-order chi connectivity index (χ1) is 26.7. The summed E-state index contributed by atoms with van der Waals surface area (Å²) in [7, 11) is 1.13. The van der Waals surface area contributed by atoms with E-state index in [1.165, 1.54) is 0 Å². The highest BCUT2D eigenvalue weighted by Crippen LogP contribution is 2.63. The summed E-state index contributed by atoms with van der Waals surface area (Å²) in [5.41, 5.74) is -0.429. The fraction of sp³-hybridized carbons (Fsp3) is 0.767. The van der Waals surface area contributed by atoms with Gasteiger partial charge >= 0.3 is 35.8 Å². The molecule has 14 nitrogen and oxygen atoms in total. The fourth-order valence-electron chi connectivity index (χ4n) is 12.0. The molecule has 5 rings (SSSR count). The highest BCUT2D eigenvalue weighted by molar-refractivity contribution is 5.87. The van der Waals surface area contributed by atoms with Crippen LogP contribution in [0.15, 0.2) is 24.3 Å². The molecule has 4 unspecified atom stereocenters. The molecule has 8 bridgehead atoms. The Morgan fingerprint density at radius 1 is 0.702 bits per heavy atom. The monoisotopic (exact) mass is 802 g/mol. The molecule has 3 N–H and O–H groups in total. The number of esters is 3. The van der Waals surface area contributed by atoms with Crippen molar-refractivity contribution < 1.29 is 67.8 Å². The molecule has 4 saturated carbocycles. The SMILES string of the molecule is C=C1CCC2[C@@]3(C)CCC[C@]2(C)[C@H]1CO[C@H](C(CC(=O)O)C(=O)O)C(=O)OC[C@]1(C)CCC[C@@]2(C)C1CCC(=C)[C@@H]2CO[C@H](C(CC(=O)O)C(=O)OC)C(=O)OC3. The minimum absolute atomic E-state index is 0.0457. The third-order valence-corrected chi connectivity index (χ3v) is 15.1. The molecule has 0 aromatic carbocycles. The van der Waals surface area contributed by atoms with E-state index in [1.807, 2.05) is 13.8 Å². The lowest BCUT2D eigenvalue weighted by Crippen LogP contribution is -2.55.